The lowest BCUT2D eigenvalue weighted by Crippen LogP contribution is -2.53. The number of amides is 1. The topological polar surface area (TPSA) is 107 Å². The first-order valence-corrected chi connectivity index (χ1v) is 8.63. The normalized spacial score (nSPS) is 21.2. The van der Waals surface area contributed by atoms with Gasteiger partial charge in [-0.2, -0.15) is 0 Å². The van der Waals surface area contributed by atoms with Crippen LogP contribution in [-0.4, -0.2) is 61.3 Å². The molecule has 8 nitrogen and oxygen atoms in total. The highest BCUT2D eigenvalue weighted by Gasteiger charge is 2.28. The summed E-state index contributed by atoms with van der Waals surface area (Å²) in [6.07, 6.45) is 4.40. The molecule has 3 rings (SSSR count). The number of aromatic amines is 1. The largest absolute Gasteiger partial charge is 0.390 e. The number of aliphatic hydroxyl groups excluding tert-OH is 1. The number of piperidine rings is 1. The third kappa shape index (κ3) is 5.22. The van der Waals surface area contributed by atoms with Crippen LogP contribution in [-0.2, 0) is 17.8 Å². The van der Waals surface area contributed by atoms with Gasteiger partial charge in [0.1, 0.15) is 5.82 Å². The third-order valence-corrected chi connectivity index (χ3v) is 4.40. The molecule has 1 aliphatic heterocycles. The van der Waals surface area contributed by atoms with Gasteiger partial charge < -0.3 is 10.4 Å². The smallest absolute Gasteiger partial charge is 0.242 e. The Morgan fingerprint density at radius 2 is 2.40 bits per heavy atom. The Morgan fingerprint density at radius 3 is 3.08 bits per heavy atom. The van der Waals surface area contributed by atoms with Gasteiger partial charge in [0.2, 0.25) is 11.2 Å². The van der Waals surface area contributed by atoms with Crippen LogP contribution in [0.2, 0.25) is 5.28 Å². The fourth-order valence-electron chi connectivity index (χ4n) is 2.95. The molecule has 0 unspecified atom stereocenters. The highest BCUT2D eigenvalue weighted by Crippen LogP contribution is 2.14. The van der Waals surface area contributed by atoms with Crippen molar-refractivity contribution in [3.8, 4) is 0 Å². The van der Waals surface area contributed by atoms with Crippen LogP contribution < -0.4 is 5.32 Å². The SMILES string of the molecule is O=C(CCc1nc(Cl)n[nH]1)N[C@@H]1CCN(Cc2cccnc2)C[C@H]1O. The monoisotopic (exact) mass is 364 g/mol. The lowest BCUT2D eigenvalue weighted by molar-refractivity contribution is -0.123. The summed E-state index contributed by atoms with van der Waals surface area (Å²) < 4.78 is 0. The minimum Gasteiger partial charge on any atom is -0.390 e. The molecule has 2 atom stereocenters. The lowest BCUT2D eigenvalue weighted by Gasteiger charge is -2.36. The highest BCUT2D eigenvalue weighted by molar-refractivity contribution is 6.28. The number of hydrogen-bond donors (Lipinski definition) is 3. The first-order chi connectivity index (χ1) is 12.1. The van der Waals surface area contributed by atoms with Gasteiger partial charge in [-0.05, 0) is 29.7 Å². The van der Waals surface area contributed by atoms with E-state index in [4.69, 9.17) is 11.6 Å². The van der Waals surface area contributed by atoms with Crippen LogP contribution in [0.5, 0.6) is 0 Å². The van der Waals surface area contributed by atoms with E-state index in [9.17, 15) is 9.90 Å². The van der Waals surface area contributed by atoms with Crippen molar-refractivity contribution in [2.75, 3.05) is 13.1 Å². The predicted molar refractivity (Wildman–Crippen MR) is 91.8 cm³/mol. The van der Waals surface area contributed by atoms with Crippen LogP contribution in [0.25, 0.3) is 0 Å². The number of carbonyl (C=O) groups is 1. The summed E-state index contributed by atoms with van der Waals surface area (Å²) >= 11 is 5.63. The standard InChI is InChI=1S/C16H21ClN6O2/c17-16-20-14(21-22-16)3-4-15(25)19-12-5-7-23(10-13(12)24)9-11-2-1-6-18-8-11/h1-2,6,8,12-13,24H,3-5,7,9-10H2,(H,19,25)(H,20,21,22)/t12-,13-/m1/s1. The molecule has 1 aliphatic rings. The van der Waals surface area contributed by atoms with Crippen LogP contribution in [0.1, 0.15) is 24.2 Å². The Kier molecular flexibility index (Phi) is 5.95. The van der Waals surface area contributed by atoms with E-state index in [1.54, 1.807) is 6.20 Å². The molecule has 1 fully saturated rings. The summed E-state index contributed by atoms with van der Waals surface area (Å²) in [5.74, 6) is 0.462. The molecule has 25 heavy (non-hydrogen) atoms. The molecule has 0 bridgehead atoms. The van der Waals surface area contributed by atoms with E-state index in [-0.39, 0.29) is 23.7 Å². The number of β-amino-alcohol motifs (C(OH)–C–C–N with tert-alkyl or cyclic N) is 1. The summed E-state index contributed by atoms with van der Waals surface area (Å²) in [5.41, 5.74) is 1.11. The summed E-state index contributed by atoms with van der Waals surface area (Å²) in [7, 11) is 0. The molecule has 1 saturated heterocycles. The van der Waals surface area contributed by atoms with Gasteiger partial charge in [0.15, 0.2) is 0 Å². The van der Waals surface area contributed by atoms with Crippen molar-refractivity contribution < 1.29 is 9.90 Å². The molecule has 3 heterocycles. The lowest BCUT2D eigenvalue weighted by atomic mass is 10.0. The number of rotatable bonds is 6. The molecular formula is C16H21ClN6O2. The van der Waals surface area contributed by atoms with Gasteiger partial charge in [0, 0.05) is 44.9 Å². The van der Waals surface area contributed by atoms with Crippen molar-refractivity contribution in [1.29, 1.82) is 0 Å². The molecule has 134 valence electrons. The second-order valence-corrected chi connectivity index (χ2v) is 6.52. The van der Waals surface area contributed by atoms with Gasteiger partial charge in [0.25, 0.3) is 0 Å². The Morgan fingerprint density at radius 1 is 1.52 bits per heavy atom. The van der Waals surface area contributed by atoms with E-state index < -0.39 is 6.10 Å². The second kappa shape index (κ2) is 8.37. The third-order valence-electron chi connectivity index (χ3n) is 4.23. The van der Waals surface area contributed by atoms with E-state index >= 15 is 0 Å². The Balaban J connectivity index is 1.42. The zero-order chi connectivity index (χ0) is 17.6. The summed E-state index contributed by atoms with van der Waals surface area (Å²) in [6.45, 7) is 2.09. The highest BCUT2D eigenvalue weighted by atomic mass is 35.5. The molecule has 1 amide bonds. The molecule has 0 spiro atoms. The van der Waals surface area contributed by atoms with E-state index in [0.717, 1.165) is 18.7 Å². The van der Waals surface area contributed by atoms with Crippen molar-refractivity contribution >= 4 is 17.5 Å². The zero-order valence-electron chi connectivity index (χ0n) is 13.7. The maximum Gasteiger partial charge on any atom is 0.242 e. The van der Waals surface area contributed by atoms with Gasteiger partial charge in [-0.3, -0.25) is 19.8 Å². The van der Waals surface area contributed by atoms with E-state index in [1.165, 1.54) is 0 Å². The van der Waals surface area contributed by atoms with Crippen molar-refractivity contribution in [2.45, 2.75) is 38.0 Å². The molecule has 0 aromatic carbocycles. The van der Waals surface area contributed by atoms with Crippen LogP contribution >= 0.6 is 11.6 Å². The summed E-state index contributed by atoms with van der Waals surface area (Å²) in [6, 6.07) is 3.69. The van der Waals surface area contributed by atoms with Crippen molar-refractivity contribution in [3.63, 3.8) is 0 Å². The van der Waals surface area contributed by atoms with E-state index in [0.29, 0.717) is 25.2 Å². The van der Waals surface area contributed by atoms with Crippen LogP contribution in [0.15, 0.2) is 24.5 Å². The van der Waals surface area contributed by atoms with Gasteiger partial charge >= 0.3 is 0 Å². The molecule has 3 N–H and O–H groups in total. The number of aliphatic hydroxyl groups is 1. The van der Waals surface area contributed by atoms with Gasteiger partial charge in [-0.1, -0.05) is 6.07 Å². The number of likely N-dealkylation sites (tertiary alicyclic amines) is 1. The maximum atomic E-state index is 12.1. The van der Waals surface area contributed by atoms with Crippen molar-refractivity contribution in [2.24, 2.45) is 0 Å². The van der Waals surface area contributed by atoms with Crippen LogP contribution in [0.4, 0.5) is 0 Å². The number of aromatic nitrogens is 4. The molecular weight excluding hydrogens is 344 g/mol. The molecule has 0 saturated carbocycles. The Labute approximate surface area is 150 Å². The number of pyridine rings is 1. The van der Waals surface area contributed by atoms with Crippen LogP contribution in [0.3, 0.4) is 0 Å². The molecule has 2 aromatic heterocycles. The number of halogens is 1. The zero-order valence-corrected chi connectivity index (χ0v) is 14.5. The minimum atomic E-state index is -0.589. The second-order valence-electron chi connectivity index (χ2n) is 6.18. The van der Waals surface area contributed by atoms with Crippen molar-refractivity contribution in [1.82, 2.24) is 30.4 Å². The summed E-state index contributed by atoms with van der Waals surface area (Å²) in [5, 5.41) is 19.8. The van der Waals surface area contributed by atoms with E-state index in [1.807, 2.05) is 18.3 Å². The maximum absolute atomic E-state index is 12.1. The minimum absolute atomic E-state index is 0.114. The first-order valence-electron chi connectivity index (χ1n) is 8.25. The number of aryl methyl sites for hydroxylation is 1. The number of H-pyrrole nitrogens is 1. The summed E-state index contributed by atoms with van der Waals surface area (Å²) in [4.78, 5) is 22.3. The number of hydrogen-bond acceptors (Lipinski definition) is 6. The molecule has 9 heteroatoms. The average molecular weight is 365 g/mol. The van der Waals surface area contributed by atoms with Crippen molar-refractivity contribution in [3.05, 3.63) is 41.2 Å². The molecule has 0 radical (unpaired) electrons. The quantitative estimate of drug-likeness (QED) is 0.690. The molecule has 0 aliphatic carbocycles. The fraction of sp³-hybridized carbons (Fsp3) is 0.500. The average Bonchev–Trinajstić information content (AvgIpc) is 3.02. The molecule has 2 aromatic rings. The predicted octanol–water partition coefficient (Wildman–Crippen LogP) is 0.537. The van der Waals surface area contributed by atoms with E-state index in [2.05, 4.69) is 30.4 Å². The number of carbonyl (C=O) groups excluding carboxylic acids is 1. The number of nitrogens with one attached hydrogen (secondary N) is 2. The van der Waals surface area contributed by atoms with Gasteiger partial charge in [0.05, 0.1) is 12.1 Å². The Bertz CT molecular complexity index is 695. The Hall–Kier alpha value is -2.03. The first kappa shape index (κ1) is 17.8. The van der Waals surface area contributed by atoms with Crippen LogP contribution in [0, 0.1) is 0 Å². The number of nitrogens with zero attached hydrogens (tertiary/aromatic N) is 4. The fourth-order valence-corrected chi connectivity index (χ4v) is 3.10. The van der Waals surface area contributed by atoms with Gasteiger partial charge in [-0.15, -0.1) is 5.10 Å². The van der Waals surface area contributed by atoms with Gasteiger partial charge in [-0.25, -0.2) is 4.98 Å².